The van der Waals surface area contributed by atoms with Gasteiger partial charge in [0.2, 0.25) is 0 Å². The SMILES string of the molecule is CCCCCCCCOC(C)CC(C)(CO)NC1CC1. The molecule has 0 radical (unpaired) electrons. The zero-order valence-electron chi connectivity index (χ0n) is 13.8. The third kappa shape index (κ3) is 8.23. The van der Waals surface area contributed by atoms with Gasteiger partial charge in [-0.05, 0) is 39.5 Å². The van der Waals surface area contributed by atoms with Crippen molar-refractivity contribution in [1.82, 2.24) is 5.32 Å². The van der Waals surface area contributed by atoms with Crippen molar-refractivity contribution in [3.63, 3.8) is 0 Å². The summed E-state index contributed by atoms with van der Waals surface area (Å²) < 4.78 is 5.90. The summed E-state index contributed by atoms with van der Waals surface area (Å²) in [5.74, 6) is 0. The van der Waals surface area contributed by atoms with Gasteiger partial charge in [0.25, 0.3) is 0 Å². The molecule has 0 aromatic heterocycles. The summed E-state index contributed by atoms with van der Waals surface area (Å²) in [4.78, 5) is 0. The molecule has 2 atom stereocenters. The Balaban J connectivity index is 2.04. The number of aliphatic hydroxyl groups is 1. The standard InChI is InChI=1S/C17H35NO2/c1-4-5-6-7-8-9-12-20-15(2)13-17(3,14-19)18-16-10-11-16/h15-16,18-19H,4-14H2,1-3H3. The second-order valence-electron chi connectivity index (χ2n) is 6.79. The van der Waals surface area contributed by atoms with E-state index in [0.29, 0.717) is 6.04 Å². The van der Waals surface area contributed by atoms with Gasteiger partial charge in [-0.15, -0.1) is 0 Å². The molecule has 1 saturated carbocycles. The van der Waals surface area contributed by atoms with Crippen molar-refractivity contribution < 1.29 is 9.84 Å². The Morgan fingerprint density at radius 2 is 1.85 bits per heavy atom. The van der Waals surface area contributed by atoms with Gasteiger partial charge in [0, 0.05) is 18.2 Å². The summed E-state index contributed by atoms with van der Waals surface area (Å²) in [6.07, 6.45) is 11.4. The number of nitrogens with one attached hydrogen (secondary N) is 1. The molecular formula is C17H35NO2. The maximum absolute atomic E-state index is 9.58. The maximum Gasteiger partial charge on any atom is 0.0611 e. The van der Waals surface area contributed by atoms with E-state index in [1.54, 1.807) is 0 Å². The van der Waals surface area contributed by atoms with Crippen LogP contribution in [-0.4, -0.2) is 36.0 Å². The molecule has 2 N–H and O–H groups in total. The van der Waals surface area contributed by atoms with Crippen molar-refractivity contribution in [2.24, 2.45) is 0 Å². The van der Waals surface area contributed by atoms with E-state index < -0.39 is 0 Å². The highest BCUT2D eigenvalue weighted by Gasteiger charge is 2.33. The molecule has 0 aromatic rings. The van der Waals surface area contributed by atoms with Crippen molar-refractivity contribution >= 4 is 0 Å². The first kappa shape index (κ1) is 17.9. The lowest BCUT2D eigenvalue weighted by Crippen LogP contribution is -2.49. The van der Waals surface area contributed by atoms with Crippen LogP contribution in [0.5, 0.6) is 0 Å². The molecule has 0 saturated heterocycles. The van der Waals surface area contributed by atoms with Gasteiger partial charge in [-0.2, -0.15) is 0 Å². The van der Waals surface area contributed by atoms with Crippen LogP contribution in [0.2, 0.25) is 0 Å². The van der Waals surface area contributed by atoms with Crippen LogP contribution < -0.4 is 5.32 Å². The molecule has 0 bridgehead atoms. The molecule has 0 aliphatic heterocycles. The van der Waals surface area contributed by atoms with Crippen LogP contribution in [-0.2, 0) is 4.74 Å². The van der Waals surface area contributed by atoms with Crippen LogP contribution in [0.1, 0.15) is 78.6 Å². The molecule has 20 heavy (non-hydrogen) atoms. The fourth-order valence-electron chi connectivity index (χ4n) is 2.75. The van der Waals surface area contributed by atoms with Crippen LogP contribution in [0, 0.1) is 0 Å². The van der Waals surface area contributed by atoms with E-state index in [1.807, 2.05) is 0 Å². The molecule has 0 spiro atoms. The van der Waals surface area contributed by atoms with E-state index in [1.165, 1.54) is 51.4 Å². The van der Waals surface area contributed by atoms with Crippen molar-refractivity contribution in [3.8, 4) is 0 Å². The minimum atomic E-state index is -0.179. The smallest absolute Gasteiger partial charge is 0.0611 e. The zero-order valence-corrected chi connectivity index (χ0v) is 13.8. The highest BCUT2D eigenvalue weighted by Crippen LogP contribution is 2.25. The molecule has 0 heterocycles. The fourth-order valence-corrected chi connectivity index (χ4v) is 2.75. The zero-order chi connectivity index (χ0) is 14.8. The first-order valence-electron chi connectivity index (χ1n) is 8.60. The summed E-state index contributed by atoms with van der Waals surface area (Å²) in [6, 6.07) is 0.623. The van der Waals surface area contributed by atoms with Gasteiger partial charge < -0.3 is 15.2 Å². The Kier molecular flexibility index (Phi) is 8.74. The molecule has 0 aromatic carbocycles. The van der Waals surface area contributed by atoms with Crippen molar-refractivity contribution in [3.05, 3.63) is 0 Å². The molecule has 2 unspecified atom stereocenters. The first-order chi connectivity index (χ1) is 9.59. The third-order valence-electron chi connectivity index (χ3n) is 4.12. The topological polar surface area (TPSA) is 41.5 Å². The Labute approximate surface area is 125 Å². The van der Waals surface area contributed by atoms with E-state index in [-0.39, 0.29) is 18.2 Å². The van der Waals surface area contributed by atoms with Crippen molar-refractivity contribution in [1.29, 1.82) is 0 Å². The highest BCUT2D eigenvalue weighted by molar-refractivity contribution is 4.93. The average molecular weight is 285 g/mol. The predicted molar refractivity (Wildman–Crippen MR) is 85.1 cm³/mol. The minimum absolute atomic E-state index is 0.179. The van der Waals surface area contributed by atoms with E-state index in [9.17, 15) is 5.11 Å². The van der Waals surface area contributed by atoms with Crippen molar-refractivity contribution in [2.45, 2.75) is 96.2 Å². The van der Waals surface area contributed by atoms with E-state index in [0.717, 1.165) is 13.0 Å². The molecule has 3 nitrogen and oxygen atoms in total. The third-order valence-corrected chi connectivity index (χ3v) is 4.12. The van der Waals surface area contributed by atoms with Gasteiger partial charge in [0.15, 0.2) is 0 Å². The van der Waals surface area contributed by atoms with E-state index in [4.69, 9.17) is 4.74 Å². The van der Waals surface area contributed by atoms with Gasteiger partial charge in [-0.25, -0.2) is 0 Å². The van der Waals surface area contributed by atoms with Crippen LogP contribution in [0.4, 0.5) is 0 Å². The number of hydrogen-bond acceptors (Lipinski definition) is 3. The summed E-state index contributed by atoms with van der Waals surface area (Å²) in [5.41, 5.74) is -0.179. The summed E-state index contributed by atoms with van der Waals surface area (Å²) >= 11 is 0. The lowest BCUT2D eigenvalue weighted by atomic mass is 9.95. The highest BCUT2D eigenvalue weighted by atomic mass is 16.5. The molecule has 1 fully saturated rings. The quantitative estimate of drug-likeness (QED) is 0.508. The Bertz CT molecular complexity index is 243. The largest absolute Gasteiger partial charge is 0.394 e. The number of ether oxygens (including phenoxy) is 1. The minimum Gasteiger partial charge on any atom is -0.394 e. The summed E-state index contributed by atoms with van der Waals surface area (Å²) in [7, 11) is 0. The number of rotatable bonds is 13. The fraction of sp³-hybridized carbons (Fsp3) is 1.00. The average Bonchev–Trinajstić information content (AvgIpc) is 3.21. The van der Waals surface area contributed by atoms with Gasteiger partial charge in [0.1, 0.15) is 0 Å². The van der Waals surface area contributed by atoms with Gasteiger partial charge in [0.05, 0.1) is 12.7 Å². The van der Waals surface area contributed by atoms with Crippen LogP contribution in [0.3, 0.4) is 0 Å². The Morgan fingerprint density at radius 3 is 2.45 bits per heavy atom. The molecule has 0 amide bonds. The molecule has 120 valence electrons. The van der Waals surface area contributed by atoms with Crippen LogP contribution in [0.25, 0.3) is 0 Å². The van der Waals surface area contributed by atoms with Crippen LogP contribution >= 0.6 is 0 Å². The van der Waals surface area contributed by atoms with Gasteiger partial charge >= 0.3 is 0 Å². The summed E-state index contributed by atoms with van der Waals surface area (Å²) in [6.45, 7) is 7.53. The Morgan fingerprint density at radius 1 is 1.20 bits per heavy atom. The van der Waals surface area contributed by atoms with E-state index >= 15 is 0 Å². The second-order valence-corrected chi connectivity index (χ2v) is 6.79. The Hall–Kier alpha value is -0.120. The molecule has 1 aliphatic rings. The molecule has 3 heteroatoms. The van der Waals surface area contributed by atoms with Gasteiger partial charge in [-0.1, -0.05) is 39.0 Å². The normalized spacial score (nSPS) is 19.8. The molecule has 1 aliphatic carbocycles. The van der Waals surface area contributed by atoms with Crippen LogP contribution in [0.15, 0.2) is 0 Å². The number of hydrogen-bond donors (Lipinski definition) is 2. The van der Waals surface area contributed by atoms with Gasteiger partial charge in [-0.3, -0.25) is 0 Å². The lowest BCUT2D eigenvalue weighted by Gasteiger charge is -2.31. The second kappa shape index (κ2) is 9.75. The monoisotopic (exact) mass is 285 g/mol. The predicted octanol–water partition coefficient (Wildman–Crippen LogP) is 3.65. The molecular weight excluding hydrogens is 250 g/mol. The number of aliphatic hydroxyl groups excluding tert-OH is 1. The van der Waals surface area contributed by atoms with E-state index in [2.05, 4.69) is 26.1 Å². The molecule has 1 rings (SSSR count). The first-order valence-corrected chi connectivity index (χ1v) is 8.60. The number of unbranched alkanes of at least 4 members (excludes halogenated alkanes) is 5. The van der Waals surface area contributed by atoms with Crippen molar-refractivity contribution in [2.75, 3.05) is 13.2 Å². The lowest BCUT2D eigenvalue weighted by molar-refractivity contribution is 0.0258. The maximum atomic E-state index is 9.58. The summed E-state index contributed by atoms with van der Waals surface area (Å²) in [5, 5.41) is 13.1.